The number of hydrogen-bond donors (Lipinski definition) is 2. The number of carboxylic acid groups (broad SMARTS) is 1. The second-order valence-electron chi connectivity index (χ2n) is 5.83. The van der Waals surface area contributed by atoms with Crippen molar-refractivity contribution in [1.29, 1.82) is 0 Å². The molecule has 1 unspecified atom stereocenters. The van der Waals surface area contributed by atoms with Gasteiger partial charge in [0.15, 0.2) is 5.82 Å². The molecule has 3 rings (SSSR count). The van der Waals surface area contributed by atoms with Crippen molar-refractivity contribution in [3.05, 3.63) is 63.5 Å². The number of carboxylic acids is 1. The Morgan fingerprint density at radius 1 is 1.30 bits per heavy atom. The number of amides is 1. The monoisotopic (exact) mass is 451 g/mol. The predicted molar refractivity (Wildman–Crippen MR) is 103 cm³/mol. The van der Waals surface area contributed by atoms with Crippen molar-refractivity contribution in [1.82, 2.24) is 19.6 Å². The van der Waals surface area contributed by atoms with Crippen LogP contribution in [0, 0.1) is 0 Å². The molecule has 1 aromatic carbocycles. The van der Waals surface area contributed by atoms with Gasteiger partial charge < -0.3 is 10.4 Å². The number of rotatable bonds is 6. The predicted octanol–water partition coefficient (Wildman–Crippen LogP) is 3.44. The molecular formula is C17H15BrClN5O3. The minimum atomic E-state index is -1.04. The molecule has 0 spiro atoms. The maximum Gasteiger partial charge on any atom is 0.328 e. The van der Waals surface area contributed by atoms with E-state index in [9.17, 15) is 9.59 Å². The number of hydrogen-bond acceptors (Lipinski definition) is 4. The van der Waals surface area contributed by atoms with Crippen LogP contribution in [0.2, 0.25) is 5.02 Å². The first-order chi connectivity index (χ1) is 12.8. The summed E-state index contributed by atoms with van der Waals surface area (Å²) in [4.78, 5) is 23.3. The molecule has 140 valence electrons. The van der Waals surface area contributed by atoms with Gasteiger partial charge in [-0.1, -0.05) is 39.7 Å². The molecule has 3 aromatic rings. The van der Waals surface area contributed by atoms with Gasteiger partial charge in [0.2, 0.25) is 0 Å². The van der Waals surface area contributed by atoms with E-state index < -0.39 is 17.9 Å². The Balaban J connectivity index is 1.70. The fourth-order valence-electron chi connectivity index (χ4n) is 2.30. The van der Waals surface area contributed by atoms with Crippen LogP contribution in [0.3, 0.4) is 0 Å². The summed E-state index contributed by atoms with van der Waals surface area (Å²) in [5.41, 5.74) is 1.24. The highest BCUT2D eigenvalue weighted by Crippen LogP contribution is 2.21. The first-order valence-electron chi connectivity index (χ1n) is 7.89. The Hall–Kier alpha value is -2.65. The van der Waals surface area contributed by atoms with E-state index in [1.165, 1.54) is 24.0 Å². The van der Waals surface area contributed by atoms with Crippen molar-refractivity contribution < 1.29 is 14.7 Å². The molecule has 0 saturated carbocycles. The van der Waals surface area contributed by atoms with Crippen LogP contribution in [0.15, 0.2) is 47.3 Å². The summed E-state index contributed by atoms with van der Waals surface area (Å²) in [5, 5.41) is 20.1. The fraction of sp³-hybridized carbons (Fsp3) is 0.176. The zero-order valence-corrected chi connectivity index (χ0v) is 16.5. The number of carbonyl (C=O) groups is 2. The summed E-state index contributed by atoms with van der Waals surface area (Å²) in [6.07, 6.45) is 4.28. The van der Waals surface area contributed by atoms with E-state index >= 15 is 0 Å². The average molecular weight is 453 g/mol. The topological polar surface area (TPSA) is 102 Å². The normalized spacial score (nSPS) is 12.0. The largest absolute Gasteiger partial charge is 0.480 e. The van der Waals surface area contributed by atoms with Crippen LogP contribution in [-0.4, -0.2) is 36.5 Å². The minimum Gasteiger partial charge on any atom is -0.480 e. The molecule has 10 heteroatoms. The third kappa shape index (κ3) is 4.55. The lowest BCUT2D eigenvalue weighted by molar-refractivity contribution is -0.140. The molecule has 0 saturated heterocycles. The third-order valence-electron chi connectivity index (χ3n) is 3.82. The first-order valence-corrected chi connectivity index (χ1v) is 9.06. The summed E-state index contributed by atoms with van der Waals surface area (Å²) in [6, 6.07) is 6.89. The van der Waals surface area contributed by atoms with Gasteiger partial charge in [0, 0.05) is 16.9 Å². The van der Waals surface area contributed by atoms with E-state index in [0.717, 1.165) is 10.0 Å². The quantitative estimate of drug-likeness (QED) is 0.596. The highest BCUT2D eigenvalue weighted by atomic mass is 79.9. The van der Waals surface area contributed by atoms with Crippen molar-refractivity contribution in [2.45, 2.75) is 19.5 Å². The van der Waals surface area contributed by atoms with E-state index in [2.05, 4.69) is 31.4 Å². The molecule has 8 nitrogen and oxygen atoms in total. The van der Waals surface area contributed by atoms with Crippen molar-refractivity contribution in [2.24, 2.45) is 0 Å². The summed E-state index contributed by atoms with van der Waals surface area (Å²) >= 11 is 9.55. The number of halogens is 2. The minimum absolute atomic E-state index is 0.210. The number of aromatic nitrogens is 4. The smallest absolute Gasteiger partial charge is 0.328 e. The fourth-order valence-corrected chi connectivity index (χ4v) is 2.76. The molecule has 0 fully saturated rings. The standard InChI is InChI=1S/C17H15BrClN5O3/c1-10(17(26)27)24-8-12(6-20-24)16(25)21-15-14(19)9-23(22-15)7-11-2-4-13(18)5-3-11/h2-6,8-10H,7H2,1H3,(H,26,27)(H,21,22,25). The third-order valence-corrected chi connectivity index (χ3v) is 4.63. The first kappa shape index (κ1) is 19.1. The van der Waals surface area contributed by atoms with Gasteiger partial charge in [0.25, 0.3) is 5.91 Å². The molecule has 0 aliphatic rings. The Labute approximate surface area is 167 Å². The number of nitrogens with zero attached hydrogens (tertiary/aromatic N) is 4. The molecule has 2 heterocycles. The molecule has 0 aliphatic carbocycles. The van der Waals surface area contributed by atoms with Gasteiger partial charge in [0.1, 0.15) is 11.1 Å². The second-order valence-corrected chi connectivity index (χ2v) is 7.15. The van der Waals surface area contributed by atoms with Crippen LogP contribution in [-0.2, 0) is 11.3 Å². The summed E-state index contributed by atoms with van der Waals surface area (Å²) < 4.78 is 3.80. The summed E-state index contributed by atoms with van der Waals surface area (Å²) in [7, 11) is 0. The number of anilines is 1. The highest BCUT2D eigenvalue weighted by Gasteiger charge is 2.18. The second kappa shape index (κ2) is 7.93. The molecule has 2 aromatic heterocycles. The Kier molecular flexibility index (Phi) is 5.62. The molecule has 0 aliphatic heterocycles. The van der Waals surface area contributed by atoms with Crippen molar-refractivity contribution >= 4 is 45.2 Å². The van der Waals surface area contributed by atoms with E-state index in [1.807, 2.05) is 24.3 Å². The number of benzene rings is 1. The van der Waals surface area contributed by atoms with Crippen LogP contribution < -0.4 is 5.32 Å². The zero-order valence-electron chi connectivity index (χ0n) is 14.1. The van der Waals surface area contributed by atoms with E-state index in [0.29, 0.717) is 11.6 Å². The summed E-state index contributed by atoms with van der Waals surface area (Å²) in [5.74, 6) is -1.30. The molecular weight excluding hydrogens is 438 g/mol. The van der Waals surface area contributed by atoms with E-state index in [1.54, 1.807) is 10.9 Å². The van der Waals surface area contributed by atoms with Gasteiger partial charge in [-0.25, -0.2) is 4.79 Å². The van der Waals surface area contributed by atoms with Crippen LogP contribution >= 0.6 is 27.5 Å². The molecule has 1 atom stereocenters. The SMILES string of the molecule is CC(C(=O)O)n1cc(C(=O)Nc2nn(Cc3ccc(Br)cc3)cc2Cl)cn1. The molecule has 2 N–H and O–H groups in total. The Morgan fingerprint density at radius 3 is 2.67 bits per heavy atom. The maximum atomic E-state index is 12.4. The number of nitrogens with one attached hydrogen (secondary N) is 1. The lowest BCUT2D eigenvalue weighted by Gasteiger charge is -2.05. The van der Waals surface area contributed by atoms with Crippen LogP contribution in [0.4, 0.5) is 5.82 Å². The van der Waals surface area contributed by atoms with Crippen molar-refractivity contribution in [3.8, 4) is 0 Å². The number of carbonyl (C=O) groups excluding carboxylic acids is 1. The van der Waals surface area contributed by atoms with Crippen molar-refractivity contribution in [2.75, 3.05) is 5.32 Å². The zero-order chi connectivity index (χ0) is 19.6. The average Bonchev–Trinajstić information content (AvgIpc) is 3.24. The van der Waals surface area contributed by atoms with Gasteiger partial charge in [-0.3, -0.25) is 14.2 Å². The highest BCUT2D eigenvalue weighted by molar-refractivity contribution is 9.10. The van der Waals surface area contributed by atoms with Gasteiger partial charge >= 0.3 is 5.97 Å². The van der Waals surface area contributed by atoms with E-state index in [-0.39, 0.29) is 11.4 Å². The van der Waals surface area contributed by atoms with Gasteiger partial charge in [-0.15, -0.1) is 0 Å². The Bertz CT molecular complexity index is 983. The summed E-state index contributed by atoms with van der Waals surface area (Å²) in [6.45, 7) is 1.97. The lowest BCUT2D eigenvalue weighted by Crippen LogP contribution is -2.16. The van der Waals surface area contributed by atoms with Crippen LogP contribution in [0.25, 0.3) is 0 Å². The van der Waals surface area contributed by atoms with Crippen LogP contribution in [0.5, 0.6) is 0 Å². The van der Waals surface area contributed by atoms with Crippen LogP contribution in [0.1, 0.15) is 28.9 Å². The van der Waals surface area contributed by atoms with E-state index in [4.69, 9.17) is 16.7 Å². The maximum absolute atomic E-state index is 12.4. The molecule has 27 heavy (non-hydrogen) atoms. The van der Waals surface area contributed by atoms with Crippen molar-refractivity contribution in [3.63, 3.8) is 0 Å². The van der Waals surface area contributed by atoms with Gasteiger partial charge in [-0.2, -0.15) is 10.2 Å². The Morgan fingerprint density at radius 2 is 2.00 bits per heavy atom. The molecule has 0 radical (unpaired) electrons. The van der Waals surface area contributed by atoms with Gasteiger partial charge in [-0.05, 0) is 24.6 Å². The number of aliphatic carboxylic acids is 1. The molecule has 0 bridgehead atoms. The van der Waals surface area contributed by atoms with Gasteiger partial charge in [0.05, 0.1) is 18.3 Å². The molecule has 1 amide bonds. The lowest BCUT2D eigenvalue weighted by atomic mass is 10.2.